The summed E-state index contributed by atoms with van der Waals surface area (Å²) in [5, 5.41) is 0.886. The summed E-state index contributed by atoms with van der Waals surface area (Å²) in [6.45, 7) is 6.75. The number of hydrogen-bond donors (Lipinski definition) is 2. The van der Waals surface area contributed by atoms with E-state index < -0.39 is 0 Å². The molecule has 0 aliphatic heterocycles. The molecule has 15 heavy (non-hydrogen) atoms. The second kappa shape index (κ2) is 6.12. The van der Waals surface area contributed by atoms with Crippen molar-refractivity contribution in [1.82, 2.24) is 5.43 Å². The van der Waals surface area contributed by atoms with Gasteiger partial charge in [0.15, 0.2) is 0 Å². The van der Waals surface area contributed by atoms with Crippen molar-refractivity contribution in [1.29, 1.82) is 0 Å². The zero-order valence-electron chi connectivity index (χ0n) is 10.4. The predicted octanol–water partition coefficient (Wildman–Crippen LogP) is 2.93. The number of nitrogens with one attached hydrogen (secondary N) is 1. The highest BCUT2D eigenvalue weighted by atomic mass is 32.2. The standard InChI is InChI=1S/C12H26N2S/c1-12(2,3)11(14-13)9-15-10-7-5-4-6-8-10/h10-11,14H,4-9,13H2,1-3H3. The zero-order valence-corrected chi connectivity index (χ0v) is 11.2. The van der Waals surface area contributed by atoms with E-state index in [4.69, 9.17) is 5.84 Å². The molecule has 3 heteroatoms. The van der Waals surface area contributed by atoms with Crippen molar-refractivity contribution in [3.8, 4) is 0 Å². The minimum absolute atomic E-state index is 0.260. The Morgan fingerprint density at radius 3 is 2.33 bits per heavy atom. The van der Waals surface area contributed by atoms with Crippen molar-refractivity contribution in [2.75, 3.05) is 5.75 Å². The van der Waals surface area contributed by atoms with Crippen molar-refractivity contribution < 1.29 is 0 Å². The molecule has 1 unspecified atom stereocenters. The Balaban J connectivity index is 2.27. The molecule has 1 saturated carbocycles. The first-order valence-corrected chi connectivity index (χ1v) is 7.16. The normalized spacial score (nSPS) is 21.6. The van der Waals surface area contributed by atoms with Crippen LogP contribution in [0.3, 0.4) is 0 Å². The van der Waals surface area contributed by atoms with Crippen LogP contribution in [-0.4, -0.2) is 17.0 Å². The molecule has 0 heterocycles. The van der Waals surface area contributed by atoms with E-state index >= 15 is 0 Å². The lowest BCUT2D eigenvalue weighted by atomic mass is 9.88. The van der Waals surface area contributed by atoms with Crippen LogP contribution in [0, 0.1) is 5.41 Å². The fraction of sp³-hybridized carbons (Fsp3) is 1.00. The summed E-state index contributed by atoms with van der Waals surface area (Å²) in [5.74, 6) is 6.75. The van der Waals surface area contributed by atoms with Gasteiger partial charge in [-0.05, 0) is 18.3 Å². The highest BCUT2D eigenvalue weighted by Crippen LogP contribution is 2.31. The van der Waals surface area contributed by atoms with Gasteiger partial charge in [-0.1, -0.05) is 40.0 Å². The monoisotopic (exact) mass is 230 g/mol. The number of rotatable bonds is 4. The molecule has 1 aliphatic rings. The van der Waals surface area contributed by atoms with Crippen LogP contribution in [0.15, 0.2) is 0 Å². The van der Waals surface area contributed by atoms with Gasteiger partial charge in [-0.3, -0.25) is 11.3 Å². The van der Waals surface area contributed by atoms with Gasteiger partial charge in [-0.2, -0.15) is 11.8 Å². The average Bonchev–Trinajstić information content (AvgIpc) is 2.18. The van der Waals surface area contributed by atoms with Crippen LogP contribution in [-0.2, 0) is 0 Å². The van der Waals surface area contributed by atoms with Gasteiger partial charge in [0.2, 0.25) is 0 Å². The Labute approximate surface area is 98.7 Å². The summed E-state index contributed by atoms with van der Waals surface area (Å²) in [6.07, 6.45) is 7.11. The molecule has 0 aromatic carbocycles. The zero-order chi connectivity index (χ0) is 11.3. The largest absolute Gasteiger partial charge is 0.271 e. The van der Waals surface area contributed by atoms with Crippen LogP contribution in [0.5, 0.6) is 0 Å². The third-order valence-corrected chi connectivity index (χ3v) is 4.77. The maximum atomic E-state index is 5.61. The molecule has 3 N–H and O–H groups in total. The van der Waals surface area contributed by atoms with E-state index in [2.05, 4.69) is 38.0 Å². The van der Waals surface area contributed by atoms with Crippen molar-refractivity contribution >= 4 is 11.8 Å². The second-order valence-corrected chi connectivity index (χ2v) is 7.01. The van der Waals surface area contributed by atoms with E-state index in [1.165, 1.54) is 32.1 Å². The first kappa shape index (κ1) is 13.3. The highest BCUT2D eigenvalue weighted by Gasteiger charge is 2.25. The quantitative estimate of drug-likeness (QED) is 0.576. The molecular weight excluding hydrogens is 204 g/mol. The summed E-state index contributed by atoms with van der Waals surface area (Å²) < 4.78 is 0. The van der Waals surface area contributed by atoms with E-state index in [1.54, 1.807) is 0 Å². The van der Waals surface area contributed by atoms with Crippen LogP contribution in [0.2, 0.25) is 0 Å². The molecule has 0 spiro atoms. The van der Waals surface area contributed by atoms with Crippen LogP contribution in [0.4, 0.5) is 0 Å². The van der Waals surface area contributed by atoms with E-state index in [0.717, 1.165) is 11.0 Å². The summed E-state index contributed by atoms with van der Waals surface area (Å²) in [6, 6.07) is 0.421. The summed E-state index contributed by atoms with van der Waals surface area (Å²) >= 11 is 2.11. The third-order valence-electron chi connectivity index (χ3n) is 3.30. The van der Waals surface area contributed by atoms with E-state index in [9.17, 15) is 0 Å². The molecule has 2 nitrogen and oxygen atoms in total. The maximum Gasteiger partial charge on any atom is 0.0349 e. The molecule has 1 fully saturated rings. The van der Waals surface area contributed by atoms with Gasteiger partial charge in [0.05, 0.1) is 0 Å². The maximum absolute atomic E-state index is 5.61. The number of hydrogen-bond acceptors (Lipinski definition) is 3. The van der Waals surface area contributed by atoms with E-state index in [1.807, 2.05) is 0 Å². The molecule has 0 bridgehead atoms. The van der Waals surface area contributed by atoms with Crippen LogP contribution < -0.4 is 11.3 Å². The van der Waals surface area contributed by atoms with Gasteiger partial charge in [-0.15, -0.1) is 0 Å². The lowest BCUT2D eigenvalue weighted by Crippen LogP contribution is -2.46. The van der Waals surface area contributed by atoms with Gasteiger partial charge >= 0.3 is 0 Å². The minimum atomic E-state index is 0.260. The summed E-state index contributed by atoms with van der Waals surface area (Å²) in [4.78, 5) is 0. The van der Waals surface area contributed by atoms with Gasteiger partial charge in [0, 0.05) is 17.0 Å². The first-order chi connectivity index (χ1) is 7.04. The van der Waals surface area contributed by atoms with Crippen molar-refractivity contribution in [3.05, 3.63) is 0 Å². The van der Waals surface area contributed by atoms with Gasteiger partial charge in [0.1, 0.15) is 0 Å². The van der Waals surface area contributed by atoms with E-state index in [0.29, 0.717) is 6.04 Å². The molecule has 1 rings (SSSR count). The lowest BCUT2D eigenvalue weighted by molar-refractivity contribution is 0.294. The molecule has 0 aromatic rings. The SMILES string of the molecule is CC(C)(C)C(CSC1CCCCC1)NN. The number of hydrazine groups is 1. The van der Waals surface area contributed by atoms with Crippen molar-refractivity contribution in [2.45, 2.75) is 64.2 Å². The molecule has 0 saturated heterocycles. The van der Waals surface area contributed by atoms with Gasteiger partial charge in [-0.25, -0.2) is 0 Å². The summed E-state index contributed by atoms with van der Waals surface area (Å²) in [7, 11) is 0. The van der Waals surface area contributed by atoms with Crippen molar-refractivity contribution in [2.24, 2.45) is 11.3 Å². The number of thioether (sulfide) groups is 1. The van der Waals surface area contributed by atoms with Crippen LogP contribution in [0.25, 0.3) is 0 Å². The summed E-state index contributed by atoms with van der Waals surface area (Å²) in [5.41, 5.74) is 3.22. The Morgan fingerprint density at radius 2 is 1.87 bits per heavy atom. The van der Waals surface area contributed by atoms with Gasteiger partial charge < -0.3 is 0 Å². The van der Waals surface area contributed by atoms with Crippen LogP contribution in [0.1, 0.15) is 52.9 Å². The smallest absolute Gasteiger partial charge is 0.0349 e. The Hall–Kier alpha value is 0.270. The third kappa shape index (κ3) is 4.75. The molecule has 90 valence electrons. The highest BCUT2D eigenvalue weighted by molar-refractivity contribution is 7.99. The minimum Gasteiger partial charge on any atom is -0.271 e. The fourth-order valence-corrected chi connectivity index (χ4v) is 3.74. The van der Waals surface area contributed by atoms with Crippen LogP contribution >= 0.6 is 11.8 Å². The lowest BCUT2D eigenvalue weighted by Gasteiger charge is -2.31. The Kier molecular flexibility index (Phi) is 5.44. The fourth-order valence-electron chi connectivity index (χ4n) is 2.01. The van der Waals surface area contributed by atoms with Gasteiger partial charge in [0.25, 0.3) is 0 Å². The Morgan fingerprint density at radius 1 is 1.27 bits per heavy atom. The first-order valence-electron chi connectivity index (χ1n) is 6.12. The number of nitrogens with two attached hydrogens (primary N) is 1. The predicted molar refractivity (Wildman–Crippen MR) is 69.9 cm³/mol. The Bertz CT molecular complexity index is 171. The molecule has 0 radical (unpaired) electrons. The molecule has 0 aromatic heterocycles. The van der Waals surface area contributed by atoms with E-state index in [-0.39, 0.29) is 5.41 Å². The topological polar surface area (TPSA) is 38.0 Å². The molecule has 0 amide bonds. The average molecular weight is 230 g/mol. The van der Waals surface area contributed by atoms with Crippen molar-refractivity contribution in [3.63, 3.8) is 0 Å². The molecular formula is C12H26N2S. The second-order valence-electron chi connectivity index (χ2n) is 5.68. The molecule has 1 atom stereocenters. The molecule has 1 aliphatic carbocycles.